The lowest BCUT2D eigenvalue weighted by Gasteiger charge is -2.06. The van der Waals surface area contributed by atoms with Crippen molar-refractivity contribution in [3.8, 4) is 0 Å². The summed E-state index contributed by atoms with van der Waals surface area (Å²) in [6, 6.07) is 0. The fraction of sp³-hybridized carbons (Fsp3) is 0.700. The van der Waals surface area contributed by atoms with Crippen LogP contribution in [0, 0.1) is 6.92 Å². The Hall–Kier alpha value is -0.450. The maximum absolute atomic E-state index is 9.69. The lowest BCUT2D eigenvalue weighted by atomic mass is 10.2. The molecule has 80 valence electrons. The molecule has 0 aliphatic carbocycles. The lowest BCUT2D eigenvalue weighted by Crippen LogP contribution is -2.10. The van der Waals surface area contributed by atoms with Gasteiger partial charge in [-0.2, -0.15) is 0 Å². The van der Waals surface area contributed by atoms with Gasteiger partial charge < -0.3 is 10.0 Å². The van der Waals surface area contributed by atoms with Crippen LogP contribution in [0.3, 0.4) is 0 Å². The van der Waals surface area contributed by atoms with Gasteiger partial charge >= 0.3 is 0 Å². The van der Waals surface area contributed by atoms with Gasteiger partial charge in [0.1, 0.15) is 5.01 Å². The summed E-state index contributed by atoms with van der Waals surface area (Å²) in [5.41, 5.74) is 0.856. The van der Waals surface area contributed by atoms with Crippen LogP contribution in [0.25, 0.3) is 0 Å². The average molecular weight is 214 g/mol. The predicted molar refractivity (Wildman–Crippen MR) is 59.5 cm³/mol. The Labute approximate surface area is 89.4 Å². The molecule has 14 heavy (non-hydrogen) atoms. The highest BCUT2D eigenvalue weighted by Gasteiger charge is 2.14. The van der Waals surface area contributed by atoms with E-state index < -0.39 is 6.10 Å². The van der Waals surface area contributed by atoms with Gasteiger partial charge in [0.2, 0.25) is 0 Å². The van der Waals surface area contributed by atoms with E-state index in [9.17, 15) is 5.11 Å². The van der Waals surface area contributed by atoms with E-state index in [1.165, 1.54) is 0 Å². The minimum Gasteiger partial charge on any atom is -0.387 e. The molecule has 1 rings (SSSR count). The Kier molecular flexibility index (Phi) is 4.04. The summed E-state index contributed by atoms with van der Waals surface area (Å²) in [7, 11) is 4.04. The number of nitrogens with zero attached hydrogens (tertiary/aromatic N) is 2. The minimum atomic E-state index is -0.401. The van der Waals surface area contributed by atoms with Crippen molar-refractivity contribution < 1.29 is 5.11 Å². The molecule has 1 unspecified atom stereocenters. The van der Waals surface area contributed by atoms with Crippen molar-refractivity contribution >= 4 is 11.3 Å². The Bertz CT molecular complexity index is 296. The Morgan fingerprint density at radius 2 is 2.14 bits per heavy atom. The first-order chi connectivity index (χ1) is 6.54. The van der Waals surface area contributed by atoms with Crippen LogP contribution in [0.1, 0.15) is 35.0 Å². The number of aliphatic hydroxyl groups is 1. The molecular weight excluding hydrogens is 196 g/mol. The molecule has 3 nitrogen and oxygen atoms in total. The van der Waals surface area contributed by atoms with Gasteiger partial charge in [-0.05, 0) is 27.4 Å². The zero-order valence-electron chi connectivity index (χ0n) is 9.24. The van der Waals surface area contributed by atoms with E-state index in [-0.39, 0.29) is 0 Å². The molecule has 1 N–H and O–H groups in total. The molecule has 1 heterocycles. The first-order valence-corrected chi connectivity index (χ1v) is 5.65. The van der Waals surface area contributed by atoms with Crippen molar-refractivity contribution in [3.05, 3.63) is 15.6 Å². The summed E-state index contributed by atoms with van der Waals surface area (Å²) in [5, 5.41) is 10.8. The van der Waals surface area contributed by atoms with Crippen LogP contribution in [0.4, 0.5) is 0 Å². The smallest absolute Gasteiger partial charge is 0.107 e. The van der Waals surface area contributed by atoms with Crippen molar-refractivity contribution in [3.63, 3.8) is 0 Å². The second-order valence-corrected chi connectivity index (χ2v) is 5.00. The van der Waals surface area contributed by atoms with Crippen molar-refractivity contribution in [2.45, 2.75) is 32.9 Å². The number of thiazole rings is 1. The highest BCUT2D eigenvalue weighted by molar-refractivity contribution is 7.11. The molecule has 4 heteroatoms. The van der Waals surface area contributed by atoms with Crippen molar-refractivity contribution in [2.75, 3.05) is 14.1 Å². The average Bonchev–Trinajstić information content (AvgIpc) is 2.44. The van der Waals surface area contributed by atoms with Gasteiger partial charge in [0.05, 0.1) is 11.8 Å². The Morgan fingerprint density at radius 1 is 1.50 bits per heavy atom. The fourth-order valence-corrected chi connectivity index (χ4v) is 2.41. The molecular formula is C10H18N2OS. The lowest BCUT2D eigenvalue weighted by molar-refractivity contribution is 0.168. The van der Waals surface area contributed by atoms with Gasteiger partial charge in [0.15, 0.2) is 0 Å². The second kappa shape index (κ2) is 4.87. The second-order valence-electron chi connectivity index (χ2n) is 3.71. The van der Waals surface area contributed by atoms with Crippen LogP contribution >= 0.6 is 11.3 Å². The van der Waals surface area contributed by atoms with Crippen molar-refractivity contribution in [1.29, 1.82) is 0 Å². The molecule has 0 saturated carbocycles. The number of aryl methyl sites for hydroxylation is 1. The van der Waals surface area contributed by atoms with Crippen molar-refractivity contribution in [2.24, 2.45) is 0 Å². The number of hydrogen-bond donors (Lipinski definition) is 1. The van der Waals surface area contributed by atoms with E-state index in [1.807, 2.05) is 27.9 Å². The summed E-state index contributed by atoms with van der Waals surface area (Å²) < 4.78 is 0. The molecule has 0 spiro atoms. The Balaban J connectivity index is 2.82. The monoisotopic (exact) mass is 214 g/mol. The zero-order chi connectivity index (χ0) is 10.7. The summed E-state index contributed by atoms with van der Waals surface area (Å²) in [6.07, 6.45) is 0.327. The molecule has 0 aliphatic rings. The van der Waals surface area contributed by atoms with Gasteiger partial charge in [-0.3, -0.25) is 0 Å². The van der Waals surface area contributed by atoms with Crippen LogP contribution < -0.4 is 0 Å². The van der Waals surface area contributed by atoms with E-state index in [2.05, 4.69) is 9.88 Å². The molecule has 0 radical (unpaired) electrons. The fourth-order valence-electron chi connectivity index (χ4n) is 1.31. The third-order valence-electron chi connectivity index (χ3n) is 2.03. The van der Waals surface area contributed by atoms with Gasteiger partial charge in [-0.25, -0.2) is 4.98 Å². The minimum absolute atomic E-state index is 0.401. The highest BCUT2D eigenvalue weighted by Crippen LogP contribution is 2.25. The summed E-state index contributed by atoms with van der Waals surface area (Å²) in [5.74, 6) is 0. The molecule has 0 aliphatic heterocycles. The van der Waals surface area contributed by atoms with Crippen LogP contribution in [0.15, 0.2) is 0 Å². The normalized spacial score (nSPS) is 13.6. The largest absolute Gasteiger partial charge is 0.387 e. The molecule has 0 aromatic carbocycles. The standard InChI is InChI=1S/C10H18N2OS/c1-5-8(13)10-7(2)14-9(11-10)6-12(3)4/h8,13H,5-6H2,1-4H3. The van der Waals surface area contributed by atoms with Crippen molar-refractivity contribution in [1.82, 2.24) is 9.88 Å². The van der Waals surface area contributed by atoms with E-state index in [1.54, 1.807) is 11.3 Å². The SMILES string of the molecule is CCC(O)c1nc(CN(C)C)sc1C. The number of aliphatic hydroxyl groups excluding tert-OH is 1. The quantitative estimate of drug-likeness (QED) is 0.832. The number of rotatable bonds is 4. The molecule has 1 atom stereocenters. The van der Waals surface area contributed by atoms with Gasteiger partial charge in [0, 0.05) is 11.4 Å². The molecule has 0 fully saturated rings. The zero-order valence-corrected chi connectivity index (χ0v) is 10.1. The van der Waals surface area contributed by atoms with Gasteiger partial charge in [-0.15, -0.1) is 11.3 Å². The van der Waals surface area contributed by atoms with Crippen LogP contribution in [-0.4, -0.2) is 29.1 Å². The number of aromatic nitrogens is 1. The maximum atomic E-state index is 9.69. The van der Waals surface area contributed by atoms with Crippen LogP contribution in [0.2, 0.25) is 0 Å². The highest BCUT2D eigenvalue weighted by atomic mass is 32.1. The molecule has 0 saturated heterocycles. The third kappa shape index (κ3) is 2.77. The topological polar surface area (TPSA) is 36.4 Å². The predicted octanol–water partition coefficient (Wildman–Crippen LogP) is 1.96. The first kappa shape index (κ1) is 11.6. The first-order valence-electron chi connectivity index (χ1n) is 4.83. The van der Waals surface area contributed by atoms with Crippen LogP contribution in [0.5, 0.6) is 0 Å². The van der Waals surface area contributed by atoms with E-state index in [4.69, 9.17) is 0 Å². The molecule has 1 aromatic heterocycles. The molecule has 0 amide bonds. The Morgan fingerprint density at radius 3 is 2.64 bits per heavy atom. The van der Waals surface area contributed by atoms with E-state index >= 15 is 0 Å². The van der Waals surface area contributed by atoms with E-state index in [0.717, 1.165) is 28.5 Å². The van der Waals surface area contributed by atoms with E-state index in [0.29, 0.717) is 0 Å². The summed E-state index contributed by atoms with van der Waals surface area (Å²) in [4.78, 5) is 7.67. The number of hydrogen-bond acceptors (Lipinski definition) is 4. The third-order valence-corrected chi connectivity index (χ3v) is 3.00. The van der Waals surface area contributed by atoms with Gasteiger partial charge in [0.25, 0.3) is 0 Å². The molecule has 0 bridgehead atoms. The van der Waals surface area contributed by atoms with Gasteiger partial charge in [-0.1, -0.05) is 6.92 Å². The maximum Gasteiger partial charge on any atom is 0.107 e. The van der Waals surface area contributed by atoms with Crippen LogP contribution in [-0.2, 0) is 6.54 Å². The molecule has 1 aromatic rings. The summed E-state index contributed by atoms with van der Waals surface area (Å²) in [6.45, 7) is 4.84. The summed E-state index contributed by atoms with van der Waals surface area (Å²) >= 11 is 1.67.